The number of carbonyl (C=O) groups excluding carboxylic acids is 1. The van der Waals surface area contributed by atoms with E-state index in [1.165, 1.54) is 5.56 Å². The van der Waals surface area contributed by atoms with Crippen molar-refractivity contribution in [3.63, 3.8) is 0 Å². The van der Waals surface area contributed by atoms with E-state index in [0.717, 1.165) is 42.4 Å². The van der Waals surface area contributed by atoms with Crippen LogP contribution in [0, 0.1) is 11.8 Å². The van der Waals surface area contributed by atoms with Crippen LogP contribution in [0.3, 0.4) is 0 Å². The minimum Gasteiger partial charge on any atom is -0.326 e. The van der Waals surface area contributed by atoms with Crippen LogP contribution >= 0.6 is 11.6 Å². The molecule has 1 amide bonds. The van der Waals surface area contributed by atoms with Crippen LogP contribution in [0.1, 0.15) is 44.1 Å². The highest BCUT2D eigenvalue weighted by atomic mass is 35.5. The lowest BCUT2D eigenvalue weighted by Gasteiger charge is -2.32. The number of anilines is 1. The molecule has 0 unspecified atom stereocenters. The Labute approximate surface area is 170 Å². The van der Waals surface area contributed by atoms with E-state index in [9.17, 15) is 4.79 Å². The van der Waals surface area contributed by atoms with E-state index in [2.05, 4.69) is 27.4 Å². The predicted octanol–water partition coefficient (Wildman–Crippen LogP) is 5.83. The first-order chi connectivity index (χ1) is 13.6. The summed E-state index contributed by atoms with van der Waals surface area (Å²) in [6.45, 7) is 2.04. The zero-order valence-corrected chi connectivity index (χ0v) is 16.7. The smallest absolute Gasteiger partial charge is 0.227 e. The number of fused-ring (bicyclic) bond motifs is 1. The maximum atomic E-state index is 12.7. The number of benzene rings is 1. The highest BCUT2D eigenvalue weighted by Gasteiger charge is 2.30. The second-order valence-electron chi connectivity index (χ2n) is 7.67. The molecule has 1 aliphatic carbocycles. The number of rotatable bonds is 4. The summed E-state index contributed by atoms with van der Waals surface area (Å²) in [5.41, 5.74) is 2.96. The number of halogens is 1. The summed E-state index contributed by atoms with van der Waals surface area (Å²) < 4.78 is 0. The molecule has 0 saturated heterocycles. The molecule has 1 fully saturated rings. The summed E-state index contributed by atoms with van der Waals surface area (Å²) in [4.78, 5) is 21.4. The Morgan fingerprint density at radius 1 is 1.04 bits per heavy atom. The summed E-state index contributed by atoms with van der Waals surface area (Å²) in [5, 5.41) is 4.84. The Kier molecular flexibility index (Phi) is 5.58. The zero-order chi connectivity index (χ0) is 19.5. The Hall–Kier alpha value is -2.46. The molecule has 1 atom stereocenters. The molecular formula is C23H24ClN3O. The fourth-order valence-electron chi connectivity index (χ4n) is 4.29. The van der Waals surface area contributed by atoms with Gasteiger partial charge in [-0.2, -0.15) is 0 Å². The summed E-state index contributed by atoms with van der Waals surface area (Å²) >= 11 is 5.91. The molecular weight excluding hydrogens is 370 g/mol. The van der Waals surface area contributed by atoms with Crippen LogP contribution in [-0.4, -0.2) is 15.9 Å². The molecule has 0 aliphatic heterocycles. The maximum Gasteiger partial charge on any atom is 0.227 e. The number of pyridine rings is 2. The van der Waals surface area contributed by atoms with Crippen molar-refractivity contribution in [2.45, 2.75) is 38.5 Å². The highest BCUT2D eigenvalue weighted by Crippen LogP contribution is 2.40. The van der Waals surface area contributed by atoms with Gasteiger partial charge < -0.3 is 5.32 Å². The van der Waals surface area contributed by atoms with E-state index in [1.807, 2.05) is 31.3 Å². The molecule has 0 radical (unpaired) electrons. The maximum absolute atomic E-state index is 12.7. The second-order valence-corrected chi connectivity index (χ2v) is 8.11. The van der Waals surface area contributed by atoms with Crippen LogP contribution in [-0.2, 0) is 4.79 Å². The molecule has 2 heterocycles. The molecule has 144 valence electrons. The van der Waals surface area contributed by atoms with Gasteiger partial charge in [0.15, 0.2) is 5.65 Å². The second kappa shape index (κ2) is 8.27. The molecule has 0 bridgehead atoms. The molecule has 1 saturated carbocycles. The molecule has 28 heavy (non-hydrogen) atoms. The first kappa shape index (κ1) is 18.9. The average Bonchev–Trinajstić information content (AvgIpc) is 2.74. The van der Waals surface area contributed by atoms with E-state index in [1.54, 1.807) is 18.3 Å². The summed E-state index contributed by atoms with van der Waals surface area (Å²) in [6.07, 6.45) is 7.96. The number of hydrogen-bond donors (Lipinski definition) is 1. The van der Waals surface area contributed by atoms with Crippen LogP contribution in [0.4, 0.5) is 5.69 Å². The fourth-order valence-corrected chi connectivity index (χ4v) is 4.42. The van der Waals surface area contributed by atoms with Crippen molar-refractivity contribution in [2.75, 3.05) is 5.32 Å². The van der Waals surface area contributed by atoms with Crippen LogP contribution in [0.2, 0.25) is 5.02 Å². The molecule has 1 aliphatic rings. The standard InChI is InChI=1S/C23H24ClN3O/c1-15(23(28)27-19-10-8-18(24)9-11-19)16-4-6-17(7-5-16)20-12-14-26-22-21(20)3-2-13-25-22/h2-3,8-17H,4-7H2,1H3,(H,27,28)/t15-,16-,17-/m1/s1. The van der Waals surface area contributed by atoms with Gasteiger partial charge in [0, 0.05) is 34.4 Å². The lowest BCUT2D eigenvalue weighted by atomic mass is 9.73. The van der Waals surface area contributed by atoms with Crippen molar-refractivity contribution < 1.29 is 4.79 Å². The van der Waals surface area contributed by atoms with Crippen molar-refractivity contribution in [1.82, 2.24) is 9.97 Å². The number of amides is 1. The van der Waals surface area contributed by atoms with Crippen LogP contribution < -0.4 is 5.32 Å². The molecule has 4 nitrogen and oxygen atoms in total. The summed E-state index contributed by atoms with van der Waals surface area (Å²) in [6, 6.07) is 13.5. The third kappa shape index (κ3) is 4.02. The summed E-state index contributed by atoms with van der Waals surface area (Å²) in [7, 11) is 0. The minimum absolute atomic E-state index is 0.00696. The van der Waals surface area contributed by atoms with Crippen molar-refractivity contribution in [2.24, 2.45) is 11.8 Å². The Morgan fingerprint density at radius 3 is 2.50 bits per heavy atom. The normalized spacial score (nSPS) is 20.6. The topological polar surface area (TPSA) is 54.9 Å². The van der Waals surface area contributed by atoms with Crippen LogP contribution in [0.5, 0.6) is 0 Å². The molecule has 3 aromatic rings. The van der Waals surface area contributed by atoms with Crippen molar-refractivity contribution in [3.05, 3.63) is 65.4 Å². The molecule has 1 N–H and O–H groups in total. The molecule has 0 spiro atoms. The van der Waals surface area contributed by atoms with Gasteiger partial charge in [0.1, 0.15) is 0 Å². The van der Waals surface area contributed by atoms with E-state index < -0.39 is 0 Å². The molecule has 5 heteroatoms. The van der Waals surface area contributed by atoms with Gasteiger partial charge in [0.25, 0.3) is 0 Å². The molecule has 4 rings (SSSR count). The highest BCUT2D eigenvalue weighted by molar-refractivity contribution is 6.30. The lowest BCUT2D eigenvalue weighted by molar-refractivity contribution is -0.121. The number of carbonyl (C=O) groups is 1. The lowest BCUT2D eigenvalue weighted by Crippen LogP contribution is -2.29. The summed E-state index contributed by atoms with van der Waals surface area (Å²) in [5.74, 6) is 1.00. The molecule has 2 aromatic heterocycles. The zero-order valence-electron chi connectivity index (χ0n) is 15.9. The largest absolute Gasteiger partial charge is 0.326 e. The average molecular weight is 394 g/mol. The Balaban J connectivity index is 1.39. The number of hydrogen-bond acceptors (Lipinski definition) is 3. The fraction of sp³-hybridized carbons (Fsp3) is 0.348. The van der Waals surface area contributed by atoms with Gasteiger partial charge in [-0.25, -0.2) is 9.97 Å². The first-order valence-electron chi connectivity index (χ1n) is 9.88. The van der Waals surface area contributed by atoms with E-state index >= 15 is 0 Å². The monoisotopic (exact) mass is 393 g/mol. The number of aromatic nitrogens is 2. The quantitative estimate of drug-likeness (QED) is 0.606. The van der Waals surface area contributed by atoms with E-state index in [0.29, 0.717) is 16.9 Å². The van der Waals surface area contributed by atoms with Gasteiger partial charge in [0.2, 0.25) is 5.91 Å². The van der Waals surface area contributed by atoms with Crippen molar-refractivity contribution in [1.29, 1.82) is 0 Å². The van der Waals surface area contributed by atoms with E-state index in [-0.39, 0.29) is 11.8 Å². The molecule has 1 aromatic carbocycles. The Bertz CT molecular complexity index is 960. The van der Waals surface area contributed by atoms with Crippen LogP contribution in [0.15, 0.2) is 54.9 Å². The number of nitrogens with zero attached hydrogens (tertiary/aromatic N) is 2. The van der Waals surface area contributed by atoms with Crippen molar-refractivity contribution >= 4 is 34.2 Å². The van der Waals surface area contributed by atoms with Gasteiger partial charge in [-0.3, -0.25) is 4.79 Å². The minimum atomic E-state index is -0.00696. The van der Waals surface area contributed by atoms with E-state index in [4.69, 9.17) is 11.6 Å². The third-order valence-electron chi connectivity index (χ3n) is 5.99. The van der Waals surface area contributed by atoms with Gasteiger partial charge in [-0.1, -0.05) is 18.5 Å². The first-order valence-corrected chi connectivity index (χ1v) is 10.3. The van der Waals surface area contributed by atoms with Gasteiger partial charge >= 0.3 is 0 Å². The third-order valence-corrected chi connectivity index (χ3v) is 6.24. The predicted molar refractivity (Wildman–Crippen MR) is 113 cm³/mol. The van der Waals surface area contributed by atoms with Gasteiger partial charge in [-0.05, 0) is 85.5 Å². The Morgan fingerprint density at radius 2 is 1.75 bits per heavy atom. The SMILES string of the molecule is C[C@@H](C(=O)Nc1ccc(Cl)cc1)[C@H]1CC[C@H](c2ccnc3ncccc32)CC1. The van der Waals surface area contributed by atoms with Gasteiger partial charge in [0.05, 0.1) is 0 Å². The van der Waals surface area contributed by atoms with Gasteiger partial charge in [-0.15, -0.1) is 0 Å². The van der Waals surface area contributed by atoms with Crippen molar-refractivity contribution in [3.8, 4) is 0 Å². The number of nitrogens with one attached hydrogen (secondary N) is 1. The van der Waals surface area contributed by atoms with Crippen LogP contribution in [0.25, 0.3) is 11.0 Å².